The SMILES string of the molecule is NCC1(C(O)c2ccccn2)CCCCCC1. The molecule has 1 unspecified atom stereocenters. The highest BCUT2D eigenvalue weighted by atomic mass is 16.3. The third-order valence-corrected chi connectivity index (χ3v) is 4.05. The average molecular weight is 234 g/mol. The molecule has 0 radical (unpaired) electrons. The molecule has 1 aliphatic carbocycles. The Labute approximate surface area is 103 Å². The van der Waals surface area contributed by atoms with E-state index in [2.05, 4.69) is 4.98 Å². The average Bonchev–Trinajstić information content (AvgIpc) is 2.65. The number of pyridine rings is 1. The first-order valence-corrected chi connectivity index (χ1v) is 6.57. The van der Waals surface area contributed by atoms with Crippen molar-refractivity contribution in [2.45, 2.75) is 44.6 Å². The molecule has 0 saturated heterocycles. The van der Waals surface area contributed by atoms with E-state index in [0.717, 1.165) is 18.5 Å². The van der Waals surface area contributed by atoms with E-state index in [1.165, 1.54) is 25.7 Å². The fourth-order valence-electron chi connectivity index (χ4n) is 2.87. The Bertz CT molecular complexity index is 331. The van der Waals surface area contributed by atoms with Crippen LogP contribution in [0.3, 0.4) is 0 Å². The molecule has 1 atom stereocenters. The van der Waals surface area contributed by atoms with Crippen molar-refractivity contribution in [1.29, 1.82) is 0 Å². The molecule has 17 heavy (non-hydrogen) atoms. The first kappa shape index (κ1) is 12.5. The molecule has 0 amide bonds. The fourth-order valence-corrected chi connectivity index (χ4v) is 2.87. The molecule has 0 spiro atoms. The Kier molecular flexibility index (Phi) is 4.13. The molecular weight excluding hydrogens is 212 g/mol. The molecular formula is C14H22N2O. The van der Waals surface area contributed by atoms with E-state index in [1.807, 2.05) is 18.2 Å². The van der Waals surface area contributed by atoms with Crippen molar-refractivity contribution in [3.05, 3.63) is 30.1 Å². The van der Waals surface area contributed by atoms with Gasteiger partial charge in [0.05, 0.1) is 5.69 Å². The van der Waals surface area contributed by atoms with E-state index in [9.17, 15) is 5.11 Å². The Morgan fingerprint density at radius 3 is 2.47 bits per heavy atom. The van der Waals surface area contributed by atoms with E-state index < -0.39 is 6.10 Å². The van der Waals surface area contributed by atoms with Crippen LogP contribution < -0.4 is 5.73 Å². The summed E-state index contributed by atoms with van der Waals surface area (Å²) in [6.45, 7) is 0.546. The van der Waals surface area contributed by atoms with Gasteiger partial charge >= 0.3 is 0 Å². The molecule has 1 aliphatic rings. The van der Waals surface area contributed by atoms with Crippen LogP contribution in [0.15, 0.2) is 24.4 Å². The second-order valence-electron chi connectivity index (χ2n) is 5.14. The molecule has 3 N–H and O–H groups in total. The van der Waals surface area contributed by atoms with Crippen LogP contribution in [-0.2, 0) is 0 Å². The number of aromatic nitrogens is 1. The summed E-state index contributed by atoms with van der Waals surface area (Å²) in [7, 11) is 0. The first-order valence-electron chi connectivity index (χ1n) is 6.57. The minimum absolute atomic E-state index is 0.162. The highest BCUT2D eigenvalue weighted by molar-refractivity contribution is 5.11. The predicted molar refractivity (Wildman–Crippen MR) is 68.4 cm³/mol. The maximum atomic E-state index is 10.6. The molecule has 1 aromatic rings. The Balaban J connectivity index is 2.21. The number of aliphatic hydroxyl groups excluding tert-OH is 1. The lowest BCUT2D eigenvalue weighted by molar-refractivity contribution is 0.0135. The zero-order valence-electron chi connectivity index (χ0n) is 10.3. The van der Waals surface area contributed by atoms with Crippen molar-refractivity contribution in [2.24, 2.45) is 11.1 Å². The third-order valence-electron chi connectivity index (χ3n) is 4.05. The molecule has 2 rings (SSSR count). The molecule has 0 aliphatic heterocycles. The summed E-state index contributed by atoms with van der Waals surface area (Å²) < 4.78 is 0. The quantitative estimate of drug-likeness (QED) is 0.790. The van der Waals surface area contributed by atoms with Crippen molar-refractivity contribution in [2.75, 3.05) is 6.54 Å². The van der Waals surface area contributed by atoms with Crippen LogP contribution in [-0.4, -0.2) is 16.6 Å². The standard InChI is InChI=1S/C14H22N2O/c15-11-14(8-4-1-2-5-9-14)13(17)12-7-3-6-10-16-12/h3,6-7,10,13,17H,1-2,4-5,8-9,11,15H2. The van der Waals surface area contributed by atoms with E-state index in [1.54, 1.807) is 6.20 Å². The van der Waals surface area contributed by atoms with Gasteiger partial charge in [0.25, 0.3) is 0 Å². The molecule has 1 heterocycles. The van der Waals surface area contributed by atoms with Crippen molar-refractivity contribution in [1.82, 2.24) is 4.98 Å². The monoisotopic (exact) mass is 234 g/mol. The third kappa shape index (κ3) is 2.67. The lowest BCUT2D eigenvalue weighted by Crippen LogP contribution is -2.36. The molecule has 3 nitrogen and oxygen atoms in total. The molecule has 0 bridgehead atoms. The van der Waals surface area contributed by atoms with Gasteiger partial charge in [-0.2, -0.15) is 0 Å². The van der Waals surface area contributed by atoms with Crippen LogP contribution in [0, 0.1) is 5.41 Å². The largest absolute Gasteiger partial charge is 0.386 e. The summed E-state index contributed by atoms with van der Waals surface area (Å²) in [5.74, 6) is 0. The lowest BCUT2D eigenvalue weighted by atomic mass is 9.74. The number of hydrogen-bond donors (Lipinski definition) is 2. The number of rotatable bonds is 3. The summed E-state index contributed by atoms with van der Waals surface area (Å²) in [6, 6.07) is 5.69. The summed E-state index contributed by atoms with van der Waals surface area (Å²) >= 11 is 0. The fraction of sp³-hybridized carbons (Fsp3) is 0.643. The zero-order valence-corrected chi connectivity index (χ0v) is 10.3. The first-order chi connectivity index (χ1) is 8.28. The number of nitrogens with zero attached hydrogens (tertiary/aromatic N) is 1. The second kappa shape index (κ2) is 5.61. The van der Waals surface area contributed by atoms with Crippen LogP contribution in [0.4, 0.5) is 0 Å². The van der Waals surface area contributed by atoms with E-state index in [4.69, 9.17) is 5.73 Å². The van der Waals surface area contributed by atoms with E-state index in [0.29, 0.717) is 6.54 Å². The Morgan fingerprint density at radius 2 is 1.94 bits per heavy atom. The smallest absolute Gasteiger partial charge is 0.103 e. The topological polar surface area (TPSA) is 59.1 Å². The van der Waals surface area contributed by atoms with Gasteiger partial charge in [0.15, 0.2) is 0 Å². The van der Waals surface area contributed by atoms with Crippen molar-refractivity contribution >= 4 is 0 Å². The number of aliphatic hydroxyl groups is 1. The normalized spacial score (nSPS) is 21.8. The minimum Gasteiger partial charge on any atom is -0.386 e. The highest BCUT2D eigenvalue weighted by Crippen LogP contribution is 2.43. The van der Waals surface area contributed by atoms with Gasteiger partial charge in [-0.1, -0.05) is 31.7 Å². The van der Waals surface area contributed by atoms with Crippen LogP contribution in [0.2, 0.25) is 0 Å². The van der Waals surface area contributed by atoms with Crippen molar-refractivity contribution < 1.29 is 5.11 Å². The Hall–Kier alpha value is -0.930. The zero-order chi connectivity index (χ0) is 12.1. The van der Waals surface area contributed by atoms with Gasteiger partial charge in [-0.05, 0) is 25.0 Å². The van der Waals surface area contributed by atoms with Crippen molar-refractivity contribution in [3.8, 4) is 0 Å². The van der Waals surface area contributed by atoms with E-state index >= 15 is 0 Å². The van der Waals surface area contributed by atoms with Gasteiger partial charge in [-0.25, -0.2) is 0 Å². The highest BCUT2D eigenvalue weighted by Gasteiger charge is 2.38. The molecule has 0 aromatic carbocycles. The maximum Gasteiger partial charge on any atom is 0.103 e. The van der Waals surface area contributed by atoms with Crippen LogP contribution in [0.5, 0.6) is 0 Å². The molecule has 1 saturated carbocycles. The number of nitrogens with two attached hydrogens (primary N) is 1. The van der Waals surface area contributed by atoms with Gasteiger partial charge in [0, 0.05) is 18.2 Å². The summed E-state index contributed by atoms with van der Waals surface area (Å²) in [4.78, 5) is 4.27. The maximum absolute atomic E-state index is 10.6. The van der Waals surface area contributed by atoms with Gasteiger partial charge < -0.3 is 10.8 Å². The Morgan fingerprint density at radius 1 is 1.24 bits per heavy atom. The minimum atomic E-state index is -0.521. The second-order valence-corrected chi connectivity index (χ2v) is 5.14. The van der Waals surface area contributed by atoms with Gasteiger partial charge in [-0.3, -0.25) is 4.98 Å². The molecule has 94 valence electrons. The van der Waals surface area contributed by atoms with Crippen LogP contribution >= 0.6 is 0 Å². The summed E-state index contributed by atoms with van der Waals surface area (Å²) in [6.07, 6.45) is 8.10. The van der Waals surface area contributed by atoms with Gasteiger partial charge in [-0.15, -0.1) is 0 Å². The van der Waals surface area contributed by atoms with Gasteiger partial charge in [0.1, 0.15) is 6.10 Å². The van der Waals surface area contributed by atoms with E-state index in [-0.39, 0.29) is 5.41 Å². The van der Waals surface area contributed by atoms with Crippen LogP contribution in [0.25, 0.3) is 0 Å². The predicted octanol–water partition coefficient (Wildman–Crippen LogP) is 2.41. The summed E-state index contributed by atoms with van der Waals surface area (Å²) in [5.41, 5.74) is 6.56. The molecule has 3 heteroatoms. The van der Waals surface area contributed by atoms with Gasteiger partial charge in [0.2, 0.25) is 0 Å². The lowest BCUT2D eigenvalue weighted by Gasteiger charge is -2.36. The molecule has 1 fully saturated rings. The number of hydrogen-bond acceptors (Lipinski definition) is 3. The molecule has 1 aromatic heterocycles. The summed E-state index contributed by atoms with van der Waals surface area (Å²) in [5, 5.41) is 10.6. The van der Waals surface area contributed by atoms with Crippen LogP contribution in [0.1, 0.15) is 50.3 Å². The van der Waals surface area contributed by atoms with Crippen molar-refractivity contribution in [3.63, 3.8) is 0 Å².